The molecule has 4 heterocycles. The molecule has 0 unspecified atom stereocenters. The van der Waals surface area contributed by atoms with Crippen molar-refractivity contribution < 1.29 is 9.59 Å². The molecule has 2 fully saturated rings. The lowest BCUT2D eigenvalue weighted by molar-refractivity contribution is -0.142. The van der Waals surface area contributed by atoms with Crippen molar-refractivity contribution in [1.82, 2.24) is 19.4 Å². The number of nitrogens with zero attached hydrogens (tertiary/aromatic N) is 4. The van der Waals surface area contributed by atoms with Crippen molar-refractivity contribution >= 4 is 40.5 Å². The summed E-state index contributed by atoms with van der Waals surface area (Å²) in [5, 5.41) is 5.75. The van der Waals surface area contributed by atoms with E-state index in [-0.39, 0.29) is 23.3 Å². The van der Waals surface area contributed by atoms with E-state index in [2.05, 4.69) is 18.6 Å². The minimum atomic E-state index is -0.120. The Morgan fingerprint density at radius 2 is 1.97 bits per heavy atom. The average molecular weight is 483 g/mol. The van der Waals surface area contributed by atoms with Crippen molar-refractivity contribution in [2.75, 3.05) is 19.6 Å². The first-order valence-corrected chi connectivity index (χ1v) is 11.7. The third-order valence-electron chi connectivity index (χ3n) is 6.89. The Morgan fingerprint density at radius 3 is 2.67 bits per heavy atom. The van der Waals surface area contributed by atoms with Gasteiger partial charge >= 0.3 is 0 Å². The molecule has 1 spiro atoms. The first kappa shape index (κ1) is 22.0. The molecule has 6 nitrogen and oxygen atoms in total. The molecule has 170 valence electrons. The molecule has 2 aliphatic rings. The van der Waals surface area contributed by atoms with Crippen molar-refractivity contribution in [2.45, 2.75) is 25.8 Å². The minimum absolute atomic E-state index is 0.0275. The van der Waals surface area contributed by atoms with Gasteiger partial charge in [-0.15, -0.1) is 0 Å². The van der Waals surface area contributed by atoms with Gasteiger partial charge in [-0.25, -0.2) is 4.52 Å². The number of rotatable bonds is 3. The van der Waals surface area contributed by atoms with Crippen LogP contribution in [0.25, 0.3) is 16.6 Å². The maximum Gasteiger partial charge on any atom is 0.275 e. The summed E-state index contributed by atoms with van der Waals surface area (Å²) in [5.74, 6) is -0.148. The van der Waals surface area contributed by atoms with Crippen molar-refractivity contribution in [3.05, 3.63) is 71.0 Å². The predicted octanol–water partition coefficient (Wildman–Crippen LogP) is 4.95. The van der Waals surface area contributed by atoms with Gasteiger partial charge < -0.3 is 9.80 Å². The highest BCUT2D eigenvalue weighted by Crippen LogP contribution is 2.44. The molecule has 1 aromatic carbocycles. The number of amides is 2. The van der Waals surface area contributed by atoms with Crippen LogP contribution in [0.15, 0.2) is 55.3 Å². The summed E-state index contributed by atoms with van der Waals surface area (Å²) < 4.78 is 1.68. The van der Waals surface area contributed by atoms with Gasteiger partial charge in [0.15, 0.2) is 5.69 Å². The number of carbonyl (C=O) groups excluding carboxylic acids is 2. The summed E-state index contributed by atoms with van der Waals surface area (Å²) in [6.45, 7) is 7.71. The van der Waals surface area contributed by atoms with Crippen LogP contribution in [0.4, 0.5) is 0 Å². The van der Waals surface area contributed by atoms with E-state index in [0.29, 0.717) is 27.8 Å². The van der Waals surface area contributed by atoms with Gasteiger partial charge in [-0.2, -0.15) is 5.10 Å². The maximum absolute atomic E-state index is 13.8. The van der Waals surface area contributed by atoms with Crippen molar-refractivity contribution in [3.63, 3.8) is 0 Å². The molecule has 33 heavy (non-hydrogen) atoms. The second-order valence-corrected chi connectivity index (χ2v) is 9.92. The smallest absolute Gasteiger partial charge is 0.275 e. The van der Waals surface area contributed by atoms with Crippen LogP contribution in [-0.4, -0.2) is 56.9 Å². The molecule has 2 amide bonds. The third kappa shape index (κ3) is 3.71. The van der Waals surface area contributed by atoms with E-state index in [1.54, 1.807) is 28.9 Å². The molecule has 2 aromatic heterocycles. The van der Waals surface area contributed by atoms with Gasteiger partial charge in [-0.1, -0.05) is 48.0 Å². The molecule has 0 saturated carbocycles. The topological polar surface area (TPSA) is 57.9 Å². The minimum Gasteiger partial charge on any atom is -0.338 e. The molecule has 2 aliphatic heterocycles. The fraction of sp³-hybridized carbons (Fsp3) is 0.320. The summed E-state index contributed by atoms with van der Waals surface area (Å²) in [6, 6.07) is 11.0. The SMILES string of the molecule is C=CC(=O)N1CC2(CCN(C(=O)c3nn4ccc(Cl)cc4c3-c3ccccc3Cl)[C@H](C)C2)C1. The number of piperidine rings is 1. The van der Waals surface area contributed by atoms with Crippen LogP contribution in [0.3, 0.4) is 0 Å². The first-order valence-electron chi connectivity index (χ1n) is 11.0. The van der Waals surface area contributed by atoms with Crippen molar-refractivity contribution in [2.24, 2.45) is 5.41 Å². The highest BCUT2D eigenvalue weighted by atomic mass is 35.5. The number of benzene rings is 1. The highest BCUT2D eigenvalue weighted by Gasteiger charge is 2.49. The number of aromatic nitrogens is 2. The van der Waals surface area contributed by atoms with Gasteiger partial charge in [0.05, 0.1) is 5.52 Å². The van der Waals surface area contributed by atoms with Crippen LogP contribution in [0.1, 0.15) is 30.3 Å². The van der Waals surface area contributed by atoms with Gasteiger partial charge in [0.2, 0.25) is 5.91 Å². The largest absolute Gasteiger partial charge is 0.338 e. The van der Waals surface area contributed by atoms with E-state index in [1.807, 2.05) is 28.0 Å². The molecule has 8 heteroatoms. The fourth-order valence-electron chi connectivity index (χ4n) is 5.29. The van der Waals surface area contributed by atoms with Crippen molar-refractivity contribution in [3.8, 4) is 11.1 Å². The Balaban J connectivity index is 1.47. The Labute approximate surface area is 202 Å². The number of fused-ring (bicyclic) bond motifs is 1. The zero-order valence-electron chi connectivity index (χ0n) is 18.3. The van der Waals surface area contributed by atoms with E-state index in [0.717, 1.165) is 37.0 Å². The summed E-state index contributed by atoms with van der Waals surface area (Å²) in [4.78, 5) is 29.4. The monoisotopic (exact) mass is 482 g/mol. The second kappa shape index (κ2) is 8.19. The number of halogens is 2. The highest BCUT2D eigenvalue weighted by molar-refractivity contribution is 6.34. The molecule has 0 radical (unpaired) electrons. The molecule has 1 atom stereocenters. The maximum atomic E-state index is 13.8. The van der Waals surface area contributed by atoms with Gasteiger partial charge in [0, 0.05) is 58.5 Å². The Kier molecular flexibility index (Phi) is 5.46. The van der Waals surface area contributed by atoms with Crippen LogP contribution in [0, 0.1) is 5.41 Å². The van der Waals surface area contributed by atoms with Gasteiger partial charge in [-0.05, 0) is 44.0 Å². The summed E-state index contributed by atoms with van der Waals surface area (Å²) >= 11 is 12.8. The number of hydrogen-bond acceptors (Lipinski definition) is 3. The average Bonchev–Trinajstić information content (AvgIpc) is 3.15. The van der Waals surface area contributed by atoms with E-state index in [9.17, 15) is 9.59 Å². The number of pyridine rings is 1. The number of likely N-dealkylation sites (tertiary alicyclic amines) is 2. The first-order chi connectivity index (χ1) is 15.8. The molecule has 0 aliphatic carbocycles. The molecule has 0 N–H and O–H groups in total. The zero-order valence-corrected chi connectivity index (χ0v) is 19.8. The molecular weight excluding hydrogens is 459 g/mol. The predicted molar refractivity (Wildman–Crippen MR) is 130 cm³/mol. The lowest BCUT2D eigenvalue weighted by Gasteiger charge is -2.55. The molecule has 5 rings (SSSR count). The van der Waals surface area contributed by atoms with Crippen LogP contribution in [-0.2, 0) is 4.79 Å². The van der Waals surface area contributed by atoms with Crippen LogP contribution < -0.4 is 0 Å². The lowest BCUT2D eigenvalue weighted by atomic mass is 9.69. The van der Waals surface area contributed by atoms with Crippen LogP contribution in [0.5, 0.6) is 0 Å². The lowest BCUT2D eigenvalue weighted by Crippen LogP contribution is -2.63. The molecule has 3 aromatic rings. The summed E-state index contributed by atoms with van der Waals surface area (Å²) in [5.41, 5.74) is 2.61. The molecule has 0 bridgehead atoms. The standard InChI is InChI=1S/C25H24Cl2N4O2/c1-3-21(32)29-14-25(15-29)9-11-30(16(2)13-25)24(33)23-22(18-6-4-5-7-19(18)27)20-12-17(26)8-10-31(20)28-23/h3-8,10,12,16H,1,9,11,13-15H2,2H3/t16-/m1/s1. The van der Waals surface area contributed by atoms with Gasteiger partial charge in [0.25, 0.3) is 5.91 Å². The zero-order chi connectivity index (χ0) is 23.3. The fourth-order valence-corrected chi connectivity index (χ4v) is 5.68. The van der Waals surface area contributed by atoms with Crippen LogP contribution in [0.2, 0.25) is 10.0 Å². The van der Waals surface area contributed by atoms with Crippen molar-refractivity contribution in [1.29, 1.82) is 0 Å². The van der Waals surface area contributed by atoms with Gasteiger partial charge in [0.1, 0.15) is 0 Å². The van der Waals surface area contributed by atoms with E-state index < -0.39 is 0 Å². The number of hydrogen-bond donors (Lipinski definition) is 0. The van der Waals surface area contributed by atoms with E-state index in [1.165, 1.54) is 6.08 Å². The Hall–Kier alpha value is -2.83. The summed E-state index contributed by atoms with van der Waals surface area (Å²) in [6.07, 6.45) is 4.81. The van der Waals surface area contributed by atoms with E-state index >= 15 is 0 Å². The molecule has 2 saturated heterocycles. The normalized spacial score (nSPS) is 19.5. The summed E-state index contributed by atoms with van der Waals surface area (Å²) in [7, 11) is 0. The third-order valence-corrected chi connectivity index (χ3v) is 7.45. The quantitative estimate of drug-likeness (QED) is 0.496. The van der Waals surface area contributed by atoms with Gasteiger partial charge in [-0.3, -0.25) is 9.59 Å². The Morgan fingerprint density at radius 1 is 1.21 bits per heavy atom. The second-order valence-electron chi connectivity index (χ2n) is 9.08. The Bertz CT molecular complexity index is 1280. The van der Waals surface area contributed by atoms with Crippen LogP contribution >= 0.6 is 23.2 Å². The van der Waals surface area contributed by atoms with E-state index in [4.69, 9.17) is 23.2 Å². The molecular formula is C25H24Cl2N4O2. The number of carbonyl (C=O) groups is 2.